The Bertz CT molecular complexity index is 362. The van der Waals surface area contributed by atoms with Gasteiger partial charge in [-0.1, -0.05) is 11.1 Å². The summed E-state index contributed by atoms with van der Waals surface area (Å²) in [6, 6.07) is 5.49. The summed E-state index contributed by atoms with van der Waals surface area (Å²) in [5.74, 6) is 1.22. The summed E-state index contributed by atoms with van der Waals surface area (Å²) in [7, 11) is 0. The van der Waals surface area contributed by atoms with E-state index in [1.54, 1.807) is 12.1 Å². The van der Waals surface area contributed by atoms with Gasteiger partial charge in [-0.05, 0) is 31.0 Å². The van der Waals surface area contributed by atoms with Crippen LogP contribution in [0, 0.1) is 12.5 Å². The van der Waals surface area contributed by atoms with Crippen molar-refractivity contribution in [2.24, 2.45) is 5.11 Å². The molecule has 6 nitrogen and oxygen atoms in total. The average molecular weight is 258 g/mol. The van der Waals surface area contributed by atoms with Crippen molar-refractivity contribution in [2.75, 3.05) is 12.4 Å². The lowest BCUT2D eigenvalue weighted by molar-refractivity contribution is -0.432. The maximum Gasteiger partial charge on any atom is 0.146 e. The monoisotopic (exact) mass is 258 g/mol. The number of aryl methyl sites for hydroxylation is 1. The second-order valence-electron chi connectivity index (χ2n) is 3.25. The highest BCUT2D eigenvalue weighted by Gasteiger charge is 2.02. The van der Waals surface area contributed by atoms with Crippen LogP contribution in [0.15, 0.2) is 23.3 Å². The second-order valence-corrected chi connectivity index (χ2v) is 4.03. The normalized spacial score (nSPS) is 10.2. The van der Waals surface area contributed by atoms with Gasteiger partial charge in [0.1, 0.15) is 11.4 Å². The van der Waals surface area contributed by atoms with E-state index in [2.05, 4.69) is 14.5 Å². The molecule has 0 fully saturated rings. The number of rotatable bonds is 8. The van der Waals surface area contributed by atoms with E-state index in [0.717, 1.165) is 24.0 Å². The molecular formula is C10H14N2O4S. The van der Waals surface area contributed by atoms with Crippen molar-refractivity contribution in [1.82, 2.24) is 0 Å². The van der Waals surface area contributed by atoms with Crippen molar-refractivity contribution in [1.29, 1.82) is 5.53 Å². The van der Waals surface area contributed by atoms with Crippen LogP contribution in [0.1, 0.15) is 12.0 Å². The van der Waals surface area contributed by atoms with Crippen LogP contribution in [0.4, 0.5) is 5.69 Å². The maximum absolute atomic E-state index is 7.89. The predicted octanol–water partition coefficient (Wildman–Crippen LogP) is 3.50. The van der Waals surface area contributed by atoms with Gasteiger partial charge in [0.15, 0.2) is 0 Å². The fourth-order valence-corrected chi connectivity index (χ4v) is 1.54. The van der Waals surface area contributed by atoms with Gasteiger partial charge in [-0.25, -0.2) is 10.8 Å². The van der Waals surface area contributed by atoms with Gasteiger partial charge < -0.3 is 4.74 Å². The Balaban J connectivity index is 2.33. The summed E-state index contributed by atoms with van der Waals surface area (Å²) < 4.78 is 9.69. The highest BCUT2D eigenvalue weighted by molar-refractivity contribution is 7.94. The van der Waals surface area contributed by atoms with Crippen molar-refractivity contribution < 1.29 is 19.4 Å². The molecule has 0 unspecified atom stereocenters. The summed E-state index contributed by atoms with van der Waals surface area (Å²) in [4.78, 5) is 0. The molecule has 2 N–H and O–H groups in total. The molecule has 0 saturated carbocycles. The lowest BCUT2D eigenvalue weighted by Crippen LogP contribution is -1.99. The summed E-state index contributed by atoms with van der Waals surface area (Å²) in [5, 5.41) is 14.7. The second kappa shape index (κ2) is 8.02. The van der Waals surface area contributed by atoms with Crippen LogP contribution < -0.4 is 4.74 Å². The minimum Gasteiger partial charge on any atom is -0.491 e. The molecule has 1 aromatic rings. The van der Waals surface area contributed by atoms with E-state index >= 15 is 0 Å². The van der Waals surface area contributed by atoms with E-state index in [9.17, 15) is 0 Å². The zero-order chi connectivity index (χ0) is 12.5. The Morgan fingerprint density at radius 1 is 1.47 bits per heavy atom. The molecule has 0 atom stereocenters. The van der Waals surface area contributed by atoms with Crippen LogP contribution >= 0.6 is 12.0 Å². The standard InChI is InChI=1S/C10H14N2O4S/c1-8-3-4-10(9(7-8)12-11)14-5-2-6-17-16-15-13/h3-4,7,11,13H,2,5-6H2,1H3. The summed E-state index contributed by atoms with van der Waals surface area (Å²) in [6.07, 6.45) is 0.722. The van der Waals surface area contributed by atoms with Gasteiger partial charge in [0.25, 0.3) is 0 Å². The van der Waals surface area contributed by atoms with E-state index in [1.165, 1.54) is 0 Å². The van der Waals surface area contributed by atoms with Crippen LogP contribution in [0.25, 0.3) is 0 Å². The van der Waals surface area contributed by atoms with Gasteiger partial charge in [-0.3, -0.25) is 0 Å². The molecular weight excluding hydrogens is 244 g/mol. The minimum atomic E-state index is 0.480. The summed E-state index contributed by atoms with van der Waals surface area (Å²) in [5.41, 5.74) is 8.58. The lowest BCUT2D eigenvalue weighted by Gasteiger charge is -2.08. The third-order valence-corrected chi connectivity index (χ3v) is 2.56. The van der Waals surface area contributed by atoms with Crippen molar-refractivity contribution in [3.63, 3.8) is 0 Å². The molecule has 7 heteroatoms. The number of hydrogen-bond donors (Lipinski definition) is 2. The lowest BCUT2D eigenvalue weighted by atomic mass is 10.2. The fraction of sp³-hybridized carbons (Fsp3) is 0.400. The summed E-state index contributed by atoms with van der Waals surface area (Å²) >= 11 is 0.988. The highest BCUT2D eigenvalue weighted by atomic mass is 32.2. The van der Waals surface area contributed by atoms with Crippen LogP contribution in [0.2, 0.25) is 0 Å². The quantitative estimate of drug-likeness (QED) is 0.245. The number of nitrogens with zero attached hydrogens (tertiary/aromatic N) is 1. The van der Waals surface area contributed by atoms with Gasteiger partial charge in [-0.15, -0.1) is 4.33 Å². The molecule has 0 amide bonds. The Kier molecular flexibility index (Phi) is 6.56. The first-order chi connectivity index (χ1) is 8.27. The van der Waals surface area contributed by atoms with Gasteiger partial charge in [0.05, 0.1) is 6.61 Å². The van der Waals surface area contributed by atoms with Crippen molar-refractivity contribution in [3.05, 3.63) is 23.8 Å². The van der Waals surface area contributed by atoms with Gasteiger partial charge in [0, 0.05) is 17.8 Å². The first-order valence-corrected chi connectivity index (χ1v) is 5.89. The third-order valence-electron chi connectivity index (χ3n) is 1.94. The Morgan fingerprint density at radius 2 is 2.29 bits per heavy atom. The van der Waals surface area contributed by atoms with E-state index < -0.39 is 0 Å². The SMILES string of the molecule is Cc1ccc(OCCCSOOO)c(N=N)c1. The van der Waals surface area contributed by atoms with Gasteiger partial charge in [0.2, 0.25) is 0 Å². The first-order valence-electron chi connectivity index (χ1n) is 4.98. The smallest absolute Gasteiger partial charge is 0.146 e. The van der Waals surface area contributed by atoms with Gasteiger partial charge >= 0.3 is 0 Å². The van der Waals surface area contributed by atoms with E-state index in [0.29, 0.717) is 23.8 Å². The molecule has 0 heterocycles. The van der Waals surface area contributed by atoms with E-state index in [1.807, 2.05) is 13.0 Å². The molecule has 0 aliphatic rings. The first kappa shape index (κ1) is 13.9. The molecule has 0 aromatic heterocycles. The number of benzene rings is 1. The Hall–Kier alpha value is -1.15. The molecule has 0 aliphatic heterocycles. The van der Waals surface area contributed by atoms with Crippen LogP contribution in [0.5, 0.6) is 5.75 Å². The number of nitrogens with one attached hydrogen (secondary N) is 1. The predicted molar refractivity (Wildman–Crippen MR) is 63.4 cm³/mol. The molecule has 0 bridgehead atoms. The van der Waals surface area contributed by atoms with Crippen molar-refractivity contribution in [2.45, 2.75) is 13.3 Å². The third kappa shape index (κ3) is 5.14. The zero-order valence-corrected chi connectivity index (χ0v) is 10.2. The molecule has 0 aliphatic carbocycles. The molecule has 0 radical (unpaired) electrons. The highest BCUT2D eigenvalue weighted by Crippen LogP contribution is 2.28. The fourth-order valence-electron chi connectivity index (χ4n) is 1.19. The summed E-state index contributed by atoms with van der Waals surface area (Å²) in [6.45, 7) is 2.41. The molecule has 1 aromatic carbocycles. The Morgan fingerprint density at radius 3 is 3.00 bits per heavy atom. The topological polar surface area (TPSA) is 84.1 Å². The van der Waals surface area contributed by atoms with Crippen LogP contribution in [0.3, 0.4) is 0 Å². The van der Waals surface area contributed by atoms with Crippen LogP contribution in [-0.4, -0.2) is 17.6 Å². The van der Waals surface area contributed by atoms with E-state index in [4.69, 9.17) is 15.5 Å². The Labute approximate surface area is 103 Å². The van der Waals surface area contributed by atoms with Crippen molar-refractivity contribution in [3.8, 4) is 5.75 Å². The van der Waals surface area contributed by atoms with Gasteiger partial charge in [-0.2, -0.15) is 5.11 Å². The maximum atomic E-state index is 7.89. The largest absolute Gasteiger partial charge is 0.491 e. The van der Waals surface area contributed by atoms with E-state index in [-0.39, 0.29) is 0 Å². The molecule has 94 valence electrons. The van der Waals surface area contributed by atoms with Crippen LogP contribution in [-0.2, 0) is 9.37 Å². The zero-order valence-electron chi connectivity index (χ0n) is 9.38. The molecule has 0 spiro atoms. The number of ether oxygens (including phenoxy) is 1. The molecule has 1 rings (SSSR count). The number of hydrogen-bond acceptors (Lipinski definition) is 7. The molecule has 0 saturated heterocycles. The minimum absolute atomic E-state index is 0.480. The average Bonchev–Trinajstić information content (AvgIpc) is 2.35. The van der Waals surface area contributed by atoms with Crippen molar-refractivity contribution >= 4 is 17.7 Å². The molecule has 17 heavy (non-hydrogen) atoms.